The smallest absolute Gasteiger partial charge is 0.157 e. The van der Waals surface area contributed by atoms with E-state index in [1.165, 1.54) is 0 Å². The number of aromatic nitrogens is 5. The zero-order valence-electron chi connectivity index (χ0n) is 10.6. The van der Waals surface area contributed by atoms with Crippen molar-refractivity contribution in [1.29, 1.82) is 0 Å². The lowest BCUT2D eigenvalue weighted by atomic mass is 10.2. The van der Waals surface area contributed by atoms with Gasteiger partial charge in [0.1, 0.15) is 17.8 Å². The van der Waals surface area contributed by atoms with Crippen LogP contribution in [-0.2, 0) is 7.05 Å². The first-order valence-electron chi connectivity index (χ1n) is 5.76. The van der Waals surface area contributed by atoms with E-state index in [0.717, 1.165) is 35.7 Å². The molecule has 1 N–H and O–H groups in total. The summed E-state index contributed by atoms with van der Waals surface area (Å²) in [6.07, 6.45) is 2.61. The van der Waals surface area contributed by atoms with E-state index in [1.807, 2.05) is 14.0 Å². The number of nitrogens with one attached hydrogen (secondary N) is 1. The van der Waals surface area contributed by atoms with Crippen LogP contribution in [-0.4, -0.2) is 31.5 Å². The highest BCUT2D eigenvalue weighted by molar-refractivity contribution is 9.10. The molecule has 0 aliphatic carbocycles. The molecule has 7 heteroatoms. The lowest BCUT2D eigenvalue weighted by Gasteiger charge is -2.10. The van der Waals surface area contributed by atoms with Gasteiger partial charge in [0.2, 0.25) is 0 Å². The van der Waals surface area contributed by atoms with Gasteiger partial charge in [0.15, 0.2) is 4.60 Å². The topological polar surface area (TPSA) is 68.5 Å². The van der Waals surface area contributed by atoms with E-state index in [1.54, 1.807) is 11.0 Å². The summed E-state index contributed by atoms with van der Waals surface area (Å²) in [6, 6.07) is 0. The average Bonchev–Trinajstić information content (AvgIpc) is 2.68. The molecular weight excluding hydrogens is 296 g/mol. The second kappa shape index (κ2) is 5.43. The quantitative estimate of drug-likeness (QED) is 0.937. The Morgan fingerprint density at radius 3 is 2.78 bits per heavy atom. The Morgan fingerprint density at radius 1 is 1.39 bits per heavy atom. The van der Waals surface area contributed by atoms with Crippen LogP contribution in [0.5, 0.6) is 0 Å². The van der Waals surface area contributed by atoms with Crippen molar-refractivity contribution in [2.45, 2.75) is 20.3 Å². The van der Waals surface area contributed by atoms with E-state index in [0.29, 0.717) is 4.60 Å². The minimum absolute atomic E-state index is 0.688. The third-order valence-corrected chi connectivity index (χ3v) is 3.17. The van der Waals surface area contributed by atoms with Crippen LogP contribution in [0.15, 0.2) is 10.9 Å². The number of hydrogen-bond acceptors (Lipinski definition) is 5. The molecule has 0 amide bonds. The Labute approximate surface area is 114 Å². The zero-order chi connectivity index (χ0) is 13.1. The molecule has 0 atom stereocenters. The minimum atomic E-state index is 0.688. The maximum absolute atomic E-state index is 4.33. The summed E-state index contributed by atoms with van der Waals surface area (Å²) in [5, 5.41) is 11.2. The lowest BCUT2D eigenvalue weighted by Crippen LogP contribution is -2.06. The number of rotatable bonds is 4. The zero-order valence-corrected chi connectivity index (χ0v) is 12.2. The fraction of sp³-hybridized carbons (Fsp3) is 0.455. The predicted octanol–water partition coefficient (Wildman–Crippen LogP) is 2.16. The lowest BCUT2D eigenvalue weighted by molar-refractivity contribution is 0.718. The van der Waals surface area contributed by atoms with Gasteiger partial charge in [-0.25, -0.2) is 14.6 Å². The molecule has 0 saturated heterocycles. The second-order valence-corrected chi connectivity index (χ2v) is 4.73. The van der Waals surface area contributed by atoms with Crippen LogP contribution in [0.25, 0.3) is 11.4 Å². The molecule has 0 aromatic carbocycles. The van der Waals surface area contributed by atoms with Gasteiger partial charge in [-0.1, -0.05) is 12.1 Å². The molecule has 0 aliphatic heterocycles. The Bertz CT molecular complexity index is 531. The molecule has 2 heterocycles. The molecule has 0 unspecified atom stereocenters. The third kappa shape index (κ3) is 2.35. The van der Waals surface area contributed by atoms with Gasteiger partial charge in [0.05, 0.1) is 5.69 Å². The Balaban J connectivity index is 2.46. The van der Waals surface area contributed by atoms with Gasteiger partial charge in [-0.15, -0.1) is 5.10 Å². The molecule has 96 valence electrons. The Morgan fingerprint density at radius 2 is 2.17 bits per heavy atom. The maximum Gasteiger partial charge on any atom is 0.157 e. The van der Waals surface area contributed by atoms with Gasteiger partial charge in [-0.2, -0.15) is 0 Å². The van der Waals surface area contributed by atoms with E-state index < -0.39 is 0 Å². The first-order valence-corrected chi connectivity index (χ1v) is 6.55. The van der Waals surface area contributed by atoms with Crippen LogP contribution < -0.4 is 5.32 Å². The van der Waals surface area contributed by atoms with Crippen molar-refractivity contribution in [1.82, 2.24) is 25.0 Å². The van der Waals surface area contributed by atoms with E-state index in [-0.39, 0.29) is 0 Å². The number of anilines is 1. The van der Waals surface area contributed by atoms with Crippen LogP contribution in [0, 0.1) is 6.92 Å². The summed E-state index contributed by atoms with van der Waals surface area (Å²) < 4.78 is 2.39. The summed E-state index contributed by atoms with van der Waals surface area (Å²) in [6.45, 7) is 5.00. The van der Waals surface area contributed by atoms with Crippen molar-refractivity contribution in [3.63, 3.8) is 0 Å². The average molecular weight is 311 g/mol. The first-order chi connectivity index (χ1) is 8.65. The standard InChI is InChI=1S/C11H15BrN6/c1-4-5-13-11-7(2)8(14-6-15-11)9-10(12)16-17-18(9)3/h6H,4-5H2,1-3H3,(H,13,14,15). The molecule has 0 saturated carbocycles. The fourth-order valence-corrected chi connectivity index (χ4v) is 2.21. The molecule has 18 heavy (non-hydrogen) atoms. The van der Waals surface area contributed by atoms with Gasteiger partial charge in [0.25, 0.3) is 0 Å². The van der Waals surface area contributed by atoms with Crippen LogP contribution >= 0.6 is 15.9 Å². The molecule has 0 fully saturated rings. The van der Waals surface area contributed by atoms with Crippen LogP contribution in [0.2, 0.25) is 0 Å². The molecule has 0 spiro atoms. The van der Waals surface area contributed by atoms with Crippen molar-refractivity contribution in [3.05, 3.63) is 16.5 Å². The molecular formula is C11H15BrN6. The first kappa shape index (κ1) is 12.9. The number of nitrogens with zero attached hydrogens (tertiary/aromatic N) is 5. The van der Waals surface area contributed by atoms with Crippen molar-refractivity contribution in [3.8, 4) is 11.4 Å². The van der Waals surface area contributed by atoms with Gasteiger partial charge >= 0.3 is 0 Å². The normalized spacial score (nSPS) is 10.7. The van der Waals surface area contributed by atoms with Gasteiger partial charge < -0.3 is 5.32 Å². The van der Waals surface area contributed by atoms with E-state index >= 15 is 0 Å². The third-order valence-electron chi connectivity index (χ3n) is 2.64. The van der Waals surface area contributed by atoms with Gasteiger partial charge in [0, 0.05) is 19.2 Å². The summed E-state index contributed by atoms with van der Waals surface area (Å²) in [5.74, 6) is 0.856. The van der Waals surface area contributed by atoms with E-state index in [9.17, 15) is 0 Å². The predicted molar refractivity (Wildman–Crippen MR) is 73.2 cm³/mol. The molecule has 0 aliphatic rings. The largest absolute Gasteiger partial charge is 0.370 e. The summed E-state index contributed by atoms with van der Waals surface area (Å²) in [4.78, 5) is 8.59. The van der Waals surface area contributed by atoms with Gasteiger partial charge in [-0.3, -0.25) is 0 Å². The molecule has 2 rings (SSSR count). The monoisotopic (exact) mass is 310 g/mol. The van der Waals surface area contributed by atoms with Crippen LogP contribution in [0.4, 0.5) is 5.82 Å². The van der Waals surface area contributed by atoms with Crippen molar-refractivity contribution < 1.29 is 0 Å². The molecule has 2 aromatic heterocycles. The Kier molecular flexibility index (Phi) is 3.90. The molecule has 6 nitrogen and oxygen atoms in total. The summed E-state index contributed by atoms with van der Waals surface area (Å²) in [5.41, 5.74) is 2.69. The molecule has 0 bridgehead atoms. The van der Waals surface area contributed by atoms with Crippen LogP contribution in [0.1, 0.15) is 18.9 Å². The minimum Gasteiger partial charge on any atom is -0.370 e. The second-order valence-electron chi connectivity index (χ2n) is 3.98. The number of hydrogen-bond donors (Lipinski definition) is 1. The van der Waals surface area contributed by atoms with Gasteiger partial charge in [-0.05, 0) is 29.3 Å². The maximum atomic E-state index is 4.33. The molecule has 2 aromatic rings. The summed E-state index contributed by atoms with van der Waals surface area (Å²) >= 11 is 3.39. The van der Waals surface area contributed by atoms with Crippen molar-refractivity contribution in [2.75, 3.05) is 11.9 Å². The fourth-order valence-electron chi connectivity index (χ4n) is 1.69. The summed E-state index contributed by atoms with van der Waals surface area (Å²) in [7, 11) is 1.84. The number of aryl methyl sites for hydroxylation is 1. The van der Waals surface area contributed by atoms with E-state index in [4.69, 9.17) is 0 Å². The SMILES string of the molecule is CCCNc1ncnc(-c2c(Br)nnn2C)c1C. The highest BCUT2D eigenvalue weighted by atomic mass is 79.9. The Hall–Kier alpha value is -1.50. The highest BCUT2D eigenvalue weighted by Gasteiger charge is 2.16. The van der Waals surface area contributed by atoms with Crippen LogP contribution in [0.3, 0.4) is 0 Å². The molecule has 0 radical (unpaired) electrons. The van der Waals surface area contributed by atoms with E-state index in [2.05, 4.69) is 48.5 Å². The van der Waals surface area contributed by atoms with Crippen molar-refractivity contribution >= 4 is 21.7 Å². The van der Waals surface area contributed by atoms with Crippen molar-refractivity contribution in [2.24, 2.45) is 7.05 Å². The highest BCUT2D eigenvalue weighted by Crippen LogP contribution is 2.28. The number of halogens is 1.